The highest BCUT2D eigenvalue weighted by Crippen LogP contribution is 2.26. The molecule has 0 aliphatic heterocycles. The standard InChI is InChI=1S/C14H18N2O2/c1-14(17,10-13-15-8-9-16(13)2)11-4-6-12(18-3)7-5-11/h4-9,17H,10H2,1-3H3. The number of aryl methyl sites for hydroxylation is 1. The molecule has 1 N–H and O–H groups in total. The average molecular weight is 246 g/mol. The van der Waals surface area contributed by atoms with Crippen molar-refractivity contribution in [3.05, 3.63) is 48.0 Å². The predicted octanol–water partition coefficient (Wildman–Crippen LogP) is 1.88. The Hall–Kier alpha value is -1.81. The van der Waals surface area contributed by atoms with Gasteiger partial charge in [-0.05, 0) is 24.6 Å². The van der Waals surface area contributed by atoms with Crippen LogP contribution in [-0.2, 0) is 19.1 Å². The monoisotopic (exact) mass is 246 g/mol. The Morgan fingerprint density at radius 2 is 2.00 bits per heavy atom. The molecule has 0 fully saturated rings. The third kappa shape index (κ3) is 2.54. The molecule has 0 saturated carbocycles. The third-order valence-electron chi connectivity index (χ3n) is 3.14. The fourth-order valence-electron chi connectivity index (χ4n) is 1.93. The third-order valence-corrected chi connectivity index (χ3v) is 3.14. The van der Waals surface area contributed by atoms with Gasteiger partial charge < -0.3 is 14.4 Å². The van der Waals surface area contributed by atoms with Crippen molar-refractivity contribution in [3.8, 4) is 5.75 Å². The van der Waals surface area contributed by atoms with E-state index in [-0.39, 0.29) is 0 Å². The Morgan fingerprint density at radius 3 is 2.50 bits per heavy atom. The van der Waals surface area contributed by atoms with E-state index in [2.05, 4.69) is 4.98 Å². The lowest BCUT2D eigenvalue weighted by molar-refractivity contribution is 0.0547. The Bertz CT molecular complexity index is 515. The van der Waals surface area contributed by atoms with Gasteiger partial charge in [0.15, 0.2) is 0 Å². The van der Waals surface area contributed by atoms with E-state index in [4.69, 9.17) is 4.74 Å². The summed E-state index contributed by atoms with van der Waals surface area (Å²) in [6.07, 6.45) is 4.09. The van der Waals surface area contributed by atoms with Crippen LogP contribution in [0, 0.1) is 0 Å². The maximum Gasteiger partial charge on any atom is 0.118 e. The minimum absolute atomic E-state index is 0.475. The molecule has 0 radical (unpaired) electrons. The van der Waals surface area contributed by atoms with E-state index >= 15 is 0 Å². The van der Waals surface area contributed by atoms with E-state index in [1.165, 1.54) is 0 Å². The second kappa shape index (κ2) is 4.82. The fourth-order valence-corrected chi connectivity index (χ4v) is 1.93. The van der Waals surface area contributed by atoms with Crippen molar-refractivity contribution in [2.75, 3.05) is 7.11 Å². The minimum atomic E-state index is -0.939. The number of methoxy groups -OCH3 is 1. The molecule has 1 aromatic carbocycles. The number of ether oxygens (including phenoxy) is 1. The molecule has 0 bridgehead atoms. The maximum atomic E-state index is 10.6. The zero-order chi connectivity index (χ0) is 13.2. The quantitative estimate of drug-likeness (QED) is 0.896. The summed E-state index contributed by atoms with van der Waals surface area (Å²) in [4.78, 5) is 4.24. The Morgan fingerprint density at radius 1 is 1.33 bits per heavy atom. The predicted molar refractivity (Wildman–Crippen MR) is 69.5 cm³/mol. The van der Waals surface area contributed by atoms with Crippen molar-refractivity contribution >= 4 is 0 Å². The average Bonchev–Trinajstić information content (AvgIpc) is 2.74. The molecule has 0 spiro atoms. The molecule has 1 atom stereocenters. The summed E-state index contributed by atoms with van der Waals surface area (Å²) < 4.78 is 7.02. The van der Waals surface area contributed by atoms with Gasteiger partial charge in [0.2, 0.25) is 0 Å². The molecule has 0 amide bonds. The highest BCUT2D eigenvalue weighted by molar-refractivity contribution is 5.31. The number of nitrogens with zero attached hydrogens (tertiary/aromatic N) is 2. The number of imidazole rings is 1. The van der Waals surface area contributed by atoms with Crippen LogP contribution in [0.25, 0.3) is 0 Å². The summed E-state index contributed by atoms with van der Waals surface area (Å²) in [5.41, 5.74) is -0.0860. The van der Waals surface area contributed by atoms with Crippen LogP contribution in [0.4, 0.5) is 0 Å². The zero-order valence-electron chi connectivity index (χ0n) is 10.9. The van der Waals surface area contributed by atoms with Crippen LogP contribution < -0.4 is 4.74 Å². The number of aliphatic hydroxyl groups is 1. The van der Waals surface area contributed by atoms with E-state index < -0.39 is 5.60 Å². The fraction of sp³-hybridized carbons (Fsp3) is 0.357. The summed E-state index contributed by atoms with van der Waals surface area (Å²) in [7, 11) is 3.55. The number of aromatic nitrogens is 2. The lowest BCUT2D eigenvalue weighted by Gasteiger charge is -2.23. The first-order valence-corrected chi connectivity index (χ1v) is 5.86. The van der Waals surface area contributed by atoms with E-state index in [9.17, 15) is 5.11 Å². The van der Waals surface area contributed by atoms with Gasteiger partial charge in [0.1, 0.15) is 11.6 Å². The van der Waals surface area contributed by atoms with Crippen LogP contribution in [0.3, 0.4) is 0 Å². The van der Waals surface area contributed by atoms with Gasteiger partial charge >= 0.3 is 0 Å². The lowest BCUT2D eigenvalue weighted by atomic mass is 9.92. The van der Waals surface area contributed by atoms with Crippen LogP contribution in [0.5, 0.6) is 5.75 Å². The molecule has 0 saturated heterocycles. The maximum absolute atomic E-state index is 10.6. The van der Waals surface area contributed by atoms with E-state index in [0.717, 1.165) is 17.1 Å². The van der Waals surface area contributed by atoms with E-state index in [0.29, 0.717) is 6.42 Å². The normalized spacial score (nSPS) is 14.2. The molecule has 2 rings (SSSR count). The number of benzene rings is 1. The molecule has 0 aliphatic carbocycles. The zero-order valence-corrected chi connectivity index (χ0v) is 10.9. The first kappa shape index (κ1) is 12.6. The minimum Gasteiger partial charge on any atom is -0.497 e. The molecule has 4 nitrogen and oxygen atoms in total. The summed E-state index contributed by atoms with van der Waals surface area (Å²) in [5.74, 6) is 1.64. The van der Waals surface area contributed by atoms with Gasteiger partial charge in [-0.1, -0.05) is 12.1 Å². The van der Waals surface area contributed by atoms with Crippen molar-refractivity contribution in [2.24, 2.45) is 7.05 Å². The summed E-state index contributed by atoms with van der Waals surface area (Å²) in [5, 5.41) is 10.6. The lowest BCUT2D eigenvalue weighted by Crippen LogP contribution is -2.25. The number of hydrogen-bond donors (Lipinski definition) is 1. The Kier molecular flexibility index (Phi) is 3.39. The van der Waals surface area contributed by atoms with Crippen molar-refractivity contribution in [2.45, 2.75) is 18.9 Å². The molecule has 2 aromatic rings. The topological polar surface area (TPSA) is 47.3 Å². The molecule has 1 aromatic heterocycles. The molecule has 1 unspecified atom stereocenters. The molecular formula is C14H18N2O2. The van der Waals surface area contributed by atoms with Gasteiger partial charge in [0.25, 0.3) is 0 Å². The van der Waals surface area contributed by atoms with Gasteiger partial charge in [0.05, 0.1) is 12.7 Å². The van der Waals surface area contributed by atoms with Crippen LogP contribution in [0.15, 0.2) is 36.7 Å². The summed E-state index contributed by atoms with van der Waals surface area (Å²) in [6.45, 7) is 1.80. The van der Waals surface area contributed by atoms with Gasteiger partial charge in [-0.2, -0.15) is 0 Å². The second-order valence-electron chi connectivity index (χ2n) is 4.63. The first-order valence-electron chi connectivity index (χ1n) is 5.86. The van der Waals surface area contributed by atoms with Crippen LogP contribution in [0.2, 0.25) is 0 Å². The molecule has 0 aliphatic rings. The Labute approximate surface area is 107 Å². The van der Waals surface area contributed by atoms with Gasteiger partial charge in [-0.25, -0.2) is 4.98 Å². The summed E-state index contributed by atoms with van der Waals surface area (Å²) >= 11 is 0. The van der Waals surface area contributed by atoms with Crippen molar-refractivity contribution in [3.63, 3.8) is 0 Å². The van der Waals surface area contributed by atoms with Crippen molar-refractivity contribution in [1.29, 1.82) is 0 Å². The Balaban J connectivity index is 2.21. The molecule has 4 heteroatoms. The highest BCUT2D eigenvalue weighted by Gasteiger charge is 2.25. The van der Waals surface area contributed by atoms with Crippen molar-refractivity contribution < 1.29 is 9.84 Å². The summed E-state index contributed by atoms with van der Waals surface area (Å²) in [6, 6.07) is 7.45. The van der Waals surface area contributed by atoms with Crippen LogP contribution in [0.1, 0.15) is 18.3 Å². The van der Waals surface area contributed by atoms with Crippen LogP contribution in [-0.4, -0.2) is 21.8 Å². The first-order chi connectivity index (χ1) is 8.53. The van der Waals surface area contributed by atoms with Gasteiger partial charge in [0, 0.05) is 25.9 Å². The molecule has 96 valence electrons. The van der Waals surface area contributed by atoms with Gasteiger partial charge in [-0.3, -0.25) is 0 Å². The van der Waals surface area contributed by atoms with E-state index in [1.807, 2.05) is 42.1 Å². The van der Waals surface area contributed by atoms with Crippen molar-refractivity contribution in [1.82, 2.24) is 9.55 Å². The largest absolute Gasteiger partial charge is 0.497 e. The highest BCUT2D eigenvalue weighted by atomic mass is 16.5. The second-order valence-corrected chi connectivity index (χ2v) is 4.63. The van der Waals surface area contributed by atoms with Crippen LogP contribution >= 0.6 is 0 Å². The smallest absolute Gasteiger partial charge is 0.118 e. The molecule has 18 heavy (non-hydrogen) atoms. The number of hydrogen-bond acceptors (Lipinski definition) is 3. The number of rotatable bonds is 4. The molecular weight excluding hydrogens is 228 g/mol. The van der Waals surface area contributed by atoms with E-state index in [1.54, 1.807) is 20.2 Å². The molecule has 1 heterocycles. The van der Waals surface area contributed by atoms with Gasteiger partial charge in [-0.15, -0.1) is 0 Å². The SMILES string of the molecule is COc1ccc(C(C)(O)Cc2nccn2C)cc1.